The molecule has 16 heavy (non-hydrogen) atoms. The minimum absolute atomic E-state index is 0.469. The number of nitrogens with one attached hydrogen (secondary N) is 1. The highest BCUT2D eigenvalue weighted by atomic mass is 15.1. The lowest BCUT2D eigenvalue weighted by Crippen LogP contribution is -2.48. The minimum atomic E-state index is 0.469. The number of hydrogen-bond acceptors (Lipinski definition) is 2. The van der Waals surface area contributed by atoms with Crippen LogP contribution in [-0.4, -0.2) is 37.1 Å². The van der Waals surface area contributed by atoms with Gasteiger partial charge in [-0.1, -0.05) is 25.7 Å². The van der Waals surface area contributed by atoms with E-state index < -0.39 is 0 Å². The third kappa shape index (κ3) is 2.78. The first-order valence-electron chi connectivity index (χ1n) is 7.15. The van der Waals surface area contributed by atoms with Gasteiger partial charge in [-0.05, 0) is 52.7 Å². The Morgan fingerprint density at radius 3 is 2.31 bits per heavy atom. The molecule has 94 valence electrons. The lowest BCUT2D eigenvalue weighted by molar-refractivity contribution is 0.129. The van der Waals surface area contributed by atoms with Crippen LogP contribution in [0, 0.1) is 0 Å². The Kier molecular flexibility index (Phi) is 4.26. The molecule has 2 nitrogen and oxygen atoms in total. The molecule has 0 bridgehead atoms. The van der Waals surface area contributed by atoms with Crippen molar-refractivity contribution >= 4 is 0 Å². The molecule has 2 fully saturated rings. The molecule has 0 atom stereocenters. The second-order valence-corrected chi connectivity index (χ2v) is 5.91. The Morgan fingerprint density at radius 1 is 1.12 bits per heavy atom. The normalized spacial score (nSPS) is 25.7. The van der Waals surface area contributed by atoms with E-state index in [-0.39, 0.29) is 0 Å². The highest BCUT2D eigenvalue weighted by Crippen LogP contribution is 2.32. The van der Waals surface area contributed by atoms with Crippen LogP contribution in [0.3, 0.4) is 0 Å². The second-order valence-electron chi connectivity index (χ2n) is 5.91. The van der Waals surface area contributed by atoms with E-state index in [2.05, 4.69) is 24.3 Å². The molecule has 0 aromatic rings. The fourth-order valence-electron chi connectivity index (χ4n) is 3.25. The molecule has 2 aliphatic rings. The number of nitrogens with zero attached hydrogens (tertiary/aromatic N) is 1. The van der Waals surface area contributed by atoms with Gasteiger partial charge < -0.3 is 10.2 Å². The van der Waals surface area contributed by atoms with Crippen molar-refractivity contribution in [2.75, 3.05) is 20.6 Å². The molecule has 1 N–H and O–H groups in total. The molecule has 0 unspecified atom stereocenters. The lowest BCUT2D eigenvalue weighted by Gasteiger charge is -2.41. The number of hydrogen-bond donors (Lipinski definition) is 1. The maximum Gasteiger partial charge on any atom is 0.0190 e. The molecule has 0 spiro atoms. The van der Waals surface area contributed by atoms with Crippen LogP contribution < -0.4 is 5.32 Å². The van der Waals surface area contributed by atoms with Crippen molar-refractivity contribution in [3.8, 4) is 0 Å². The Hall–Kier alpha value is -0.0800. The summed E-state index contributed by atoms with van der Waals surface area (Å²) in [5, 5.41) is 3.62. The maximum atomic E-state index is 3.62. The van der Waals surface area contributed by atoms with Gasteiger partial charge in [-0.15, -0.1) is 0 Å². The summed E-state index contributed by atoms with van der Waals surface area (Å²) in [7, 11) is 4.48. The Balaban J connectivity index is 1.76. The smallest absolute Gasteiger partial charge is 0.0190 e. The van der Waals surface area contributed by atoms with E-state index >= 15 is 0 Å². The molecule has 2 aliphatic carbocycles. The zero-order valence-corrected chi connectivity index (χ0v) is 11.1. The van der Waals surface area contributed by atoms with E-state index in [1.807, 2.05) is 0 Å². The van der Waals surface area contributed by atoms with Crippen molar-refractivity contribution in [2.24, 2.45) is 0 Å². The molecule has 2 saturated carbocycles. The average molecular weight is 224 g/mol. The second kappa shape index (κ2) is 5.50. The van der Waals surface area contributed by atoms with Gasteiger partial charge in [-0.3, -0.25) is 0 Å². The first kappa shape index (κ1) is 12.4. The lowest BCUT2D eigenvalue weighted by atomic mass is 9.79. The van der Waals surface area contributed by atoms with Gasteiger partial charge in [0.1, 0.15) is 0 Å². The SMILES string of the molecule is CNC1(CCN(C)C2CCC2)CCCCC1. The van der Waals surface area contributed by atoms with Crippen LogP contribution >= 0.6 is 0 Å². The van der Waals surface area contributed by atoms with Crippen molar-refractivity contribution in [3.05, 3.63) is 0 Å². The van der Waals surface area contributed by atoms with Gasteiger partial charge in [-0.2, -0.15) is 0 Å². The summed E-state index contributed by atoms with van der Waals surface area (Å²) in [5.41, 5.74) is 0.469. The zero-order valence-electron chi connectivity index (χ0n) is 11.1. The minimum Gasteiger partial charge on any atom is -0.314 e. The zero-order chi connectivity index (χ0) is 11.4. The first-order chi connectivity index (χ1) is 7.76. The first-order valence-corrected chi connectivity index (χ1v) is 7.15. The van der Waals surface area contributed by atoms with Crippen molar-refractivity contribution in [2.45, 2.75) is 69.4 Å². The third-order valence-corrected chi connectivity index (χ3v) is 4.98. The number of rotatable bonds is 5. The Labute approximate surface area is 101 Å². The molecule has 0 aromatic carbocycles. The monoisotopic (exact) mass is 224 g/mol. The van der Waals surface area contributed by atoms with Gasteiger partial charge in [0.2, 0.25) is 0 Å². The molecule has 2 heteroatoms. The van der Waals surface area contributed by atoms with Gasteiger partial charge in [0, 0.05) is 11.6 Å². The molecular formula is C14H28N2. The molecular weight excluding hydrogens is 196 g/mol. The standard InChI is InChI=1S/C14H28N2/c1-15-14(9-4-3-5-10-14)11-12-16(2)13-7-6-8-13/h13,15H,3-12H2,1-2H3. The van der Waals surface area contributed by atoms with Gasteiger partial charge in [0.05, 0.1) is 0 Å². The van der Waals surface area contributed by atoms with Crippen LogP contribution in [-0.2, 0) is 0 Å². The van der Waals surface area contributed by atoms with Crippen LogP contribution in [0.5, 0.6) is 0 Å². The largest absolute Gasteiger partial charge is 0.314 e. The van der Waals surface area contributed by atoms with Crippen molar-refractivity contribution in [1.82, 2.24) is 10.2 Å². The predicted octanol–water partition coefficient (Wildman–Crippen LogP) is 2.78. The molecule has 0 saturated heterocycles. The van der Waals surface area contributed by atoms with Crippen molar-refractivity contribution in [1.29, 1.82) is 0 Å². The molecule has 0 amide bonds. The maximum absolute atomic E-state index is 3.62. The Morgan fingerprint density at radius 2 is 1.81 bits per heavy atom. The summed E-state index contributed by atoms with van der Waals surface area (Å²) in [4.78, 5) is 2.59. The van der Waals surface area contributed by atoms with Crippen LogP contribution in [0.2, 0.25) is 0 Å². The van der Waals surface area contributed by atoms with Crippen LogP contribution in [0.15, 0.2) is 0 Å². The average Bonchev–Trinajstić information content (AvgIpc) is 2.25. The summed E-state index contributed by atoms with van der Waals surface area (Å²) >= 11 is 0. The van der Waals surface area contributed by atoms with E-state index in [0.717, 1.165) is 6.04 Å². The Bertz CT molecular complexity index is 205. The van der Waals surface area contributed by atoms with Gasteiger partial charge >= 0.3 is 0 Å². The quantitative estimate of drug-likeness (QED) is 0.772. The third-order valence-electron chi connectivity index (χ3n) is 4.98. The molecule has 0 heterocycles. The topological polar surface area (TPSA) is 15.3 Å². The highest BCUT2D eigenvalue weighted by Gasteiger charge is 2.31. The van der Waals surface area contributed by atoms with Crippen LogP contribution in [0.1, 0.15) is 57.8 Å². The van der Waals surface area contributed by atoms with Gasteiger partial charge in [0.25, 0.3) is 0 Å². The van der Waals surface area contributed by atoms with E-state index in [9.17, 15) is 0 Å². The predicted molar refractivity (Wildman–Crippen MR) is 69.8 cm³/mol. The summed E-state index contributed by atoms with van der Waals surface area (Å²) in [6.07, 6.45) is 12.7. The summed E-state index contributed by atoms with van der Waals surface area (Å²) < 4.78 is 0. The van der Waals surface area contributed by atoms with Crippen LogP contribution in [0.25, 0.3) is 0 Å². The van der Waals surface area contributed by atoms with Gasteiger partial charge in [0.15, 0.2) is 0 Å². The summed E-state index contributed by atoms with van der Waals surface area (Å²) in [6, 6.07) is 0.900. The van der Waals surface area contributed by atoms with E-state index in [1.54, 1.807) is 0 Å². The summed E-state index contributed by atoms with van der Waals surface area (Å²) in [5.74, 6) is 0. The highest BCUT2D eigenvalue weighted by molar-refractivity contribution is 4.91. The van der Waals surface area contributed by atoms with Crippen molar-refractivity contribution < 1.29 is 0 Å². The summed E-state index contributed by atoms with van der Waals surface area (Å²) in [6.45, 7) is 1.28. The van der Waals surface area contributed by atoms with Gasteiger partial charge in [-0.25, -0.2) is 0 Å². The molecule has 0 aliphatic heterocycles. The van der Waals surface area contributed by atoms with E-state index in [4.69, 9.17) is 0 Å². The molecule has 0 radical (unpaired) electrons. The fraction of sp³-hybridized carbons (Fsp3) is 1.00. The molecule has 0 aromatic heterocycles. The van der Waals surface area contributed by atoms with Crippen LogP contribution in [0.4, 0.5) is 0 Å². The molecule has 2 rings (SSSR count). The van der Waals surface area contributed by atoms with Crippen molar-refractivity contribution in [3.63, 3.8) is 0 Å². The van der Waals surface area contributed by atoms with E-state index in [0.29, 0.717) is 5.54 Å². The fourth-order valence-corrected chi connectivity index (χ4v) is 3.25. The van der Waals surface area contributed by atoms with E-state index in [1.165, 1.54) is 64.3 Å².